The zero-order chi connectivity index (χ0) is 29.1. The molecule has 0 bridgehead atoms. The van der Waals surface area contributed by atoms with Gasteiger partial charge < -0.3 is 37.5 Å². The molecule has 0 saturated carbocycles. The molecule has 0 aliphatic carbocycles. The van der Waals surface area contributed by atoms with Gasteiger partial charge >= 0.3 is 5.97 Å². The summed E-state index contributed by atoms with van der Waals surface area (Å²) in [4.78, 5) is 54.0. The Bertz CT molecular complexity index is 1290. The standard InChI is InChI=1S/C29H38N6O5/c1-18(33-27(37)22(31)15-19-9-3-2-4-10-19)26(36)35-25(16-20-17-32-23-12-6-5-11-21(20)23)28(38)34-24(29(39)40)13-7-8-14-30/h2-6,9-12,17-18,22,24-25,32H,7-8,13-16,30-31H2,1H3,(H,33,37)(H,34,38)(H,35,36)(H,39,40). The van der Waals surface area contributed by atoms with E-state index in [1.165, 1.54) is 6.92 Å². The number of aliphatic carboxylic acids is 1. The van der Waals surface area contributed by atoms with Crippen molar-refractivity contribution in [3.05, 3.63) is 71.9 Å². The molecule has 1 aromatic heterocycles. The monoisotopic (exact) mass is 550 g/mol. The van der Waals surface area contributed by atoms with E-state index in [9.17, 15) is 24.3 Å². The highest BCUT2D eigenvalue weighted by atomic mass is 16.4. The number of benzene rings is 2. The molecule has 214 valence electrons. The van der Waals surface area contributed by atoms with Gasteiger partial charge in [-0.2, -0.15) is 0 Å². The lowest BCUT2D eigenvalue weighted by atomic mass is 10.0. The Kier molecular flexibility index (Phi) is 11.2. The number of nitrogens with one attached hydrogen (secondary N) is 4. The van der Waals surface area contributed by atoms with Gasteiger partial charge in [0.25, 0.3) is 0 Å². The Labute approximate surface area is 233 Å². The van der Waals surface area contributed by atoms with Crippen molar-refractivity contribution in [3.63, 3.8) is 0 Å². The first-order chi connectivity index (χ1) is 19.2. The molecule has 0 radical (unpaired) electrons. The molecule has 1 heterocycles. The maximum Gasteiger partial charge on any atom is 0.326 e. The average molecular weight is 551 g/mol. The number of aromatic amines is 1. The van der Waals surface area contributed by atoms with Crippen LogP contribution in [0.4, 0.5) is 0 Å². The molecule has 2 aromatic carbocycles. The van der Waals surface area contributed by atoms with Crippen LogP contribution in [-0.2, 0) is 32.0 Å². The summed E-state index contributed by atoms with van der Waals surface area (Å²) in [6.45, 7) is 1.91. The molecule has 11 nitrogen and oxygen atoms in total. The Morgan fingerprint density at radius 3 is 2.23 bits per heavy atom. The van der Waals surface area contributed by atoms with Crippen LogP contribution in [0.25, 0.3) is 10.9 Å². The predicted octanol–water partition coefficient (Wildman–Crippen LogP) is 0.968. The molecular weight excluding hydrogens is 512 g/mol. The summed E-state index contributed by atoms with van der Waals surface area (Å²) >= 11 is 0. The first-order valence-corrected chi connectivity index (χ1v) is 13.4. The fraction of sp³-hybridized carbons (Fsp3) is 0.379. The lowest BCUT2D eigenvalue weighted by Gasteiger charge is -2.24. The fourth-order valence-corrected chi connectivity index (χ4v) is 4.40. The van der Waals surface area contributed by atoms with E-state index in [1.54, 1.807) is 6.20 Å². The predicted molar refractivity (Wildman–Crippen MR) is 152 cm³/mol. The number of carbonyl (C=O) groups excluding carboxylic acids is 3. The lowest BCUT2D eigenvalue weighted by molar-refractivity contribution is -0.142. The van der Waals surface area contributed by atoms with Crippen molar-refractivity contribution >= 4 is 34.6 Å². The molecule has 0 aliphatic heterocycles. The Morgan fingerprint density at radius 2 is 1.52 bits per heavy atom. The number of amides is 3. The van der Waals surface area contributed by atoms with Gasteiger partial charge in [-0.15, -0.1) is 0 Å². The third kappa shape index (κ3) is 8.65. The molecule has 9 N–H and O–H groups in total. The molecular formula is C29H38N6O5. The van der Waals surface area contributed by atoms with Crippen LogP contribution >= 0.6 is 0 Å². The van der Waals surface area contributed by atoms with E-state index < -0.39 is 47.9 Å². The van der Waals surface area contributed by atoms with Gasteiger partial charge in [0.1, 0.15) is 18.1 Å². The fourth-order valence-electron chi connectivity index (χ4n) is 4.40. The Morgan fingerprint density at radius 1 is 0.850 bits per heavy atom. The number of fused-ring (bicyclic) bond motifs is 1. The van der Waals surface area contributed by atoms with Crippen molar-refractivity contribution in [1.82, 2.24) is 20.9 Å². The van der Waals surface area contributed by atoms with Crippen LogP contribution in [0.1, 0.15) is 37.3 Å². The number of carboxylic acids is 1. The van der Waals surface area contributed by atoms with Gasteiger partial charge in [0.2, 0.25) is 17.7 Å². The number of para-hydroxylation sites is 1. The summed E-state index contributed by atoms with van der Waals surface area (Å²) in [6.07, 6.45) is 3.51. The van der Waals surface area contributed by atoms with E-state index in [1.807, 2.05) is 54.6 Å². The minimum atomic E-state index is -1.17. The highest BCUT2D eigenvalue weighted by molar-refractivity contribution is 5.94. The topological polar surface area (TPSA) is 192 Å². The number of hydrogen-bond donors (Lipinski definition) is 7. The summed E-state index contributed by atoms with van der Waals surface area (Å²) in [5, 5.41) is 18.4. The number of unbranched alkanes of at least 4 members (excludes halogenated alkanes) is 1. The number of rotatable bonds is 15. The number of carbonyl (C=O) groups is 4. The van der Waals surface area contributed by atoms with Crippen LogP contribution in [-0.4, -0.2) is 64.5 Å². The third-order valence-corrected chi connectivity index (χ3v) is 6.68. The summed E-state index contributed by atoms with van der Waals surface area (Å²) < 4.78 is 0. The number of carboxylic acid groups (broad SMARTS) is 1. The van der Waals surface area contributed by atoms with E-state index >= 15 is 0 Å². The van der Waals surface area contributed by atoms with Crippen molar-refractivity contribution < 1.29 is 24.3 Å². The second kappa shape index (κ2) is 14.8. The van der Waals surface area contributed by atoms with Crippen LogP contribution < -0.4 is 27.4 Å². The second-order valence-corrected chi connectivity index (χ2v) is 9.84. The van der Waals surface area contributed by atoms with Crippen molar-refractivity contribution in [3.8, 4) is 0 Å². The normalized spacial score (nSPS) is 14.1. The van der Waals surface area contributed by atoms with Crippen LogP contribution in [0.15, 0.2) is 60.8 Å². The van der Waals surface area contributed by atoms with Crippen LogP contribution in [0.2, 0.25) is 0 Å². The highest BCUT2D eigenvalue weighted by Crippen LogP contribution is 2.19. The van der Waals surface area contributed by atoms with Gasteiger partial charge in [0.15, 0.2) is 0 Å². The van der Waals surface area contributed by atoms with Crippen LogP contribution in [0.5, 0.6) is 0 Å². The molecule has 40 heavy (non-hydrogen) atoms. The van der Waals surface area contributed by atoms with Crippen molar-refractivity contribution in [2.24, 2.45) is 11.5 Å². The summed E-state index contributed by atoms with van der Waals surface area (Å²) in [5.41, 5.74) is 14.1. The molecule has 0 saturated heterocycles. The second-order valence-electron chi connectivity index (χ2n) is 9.84. The molecule has 0 spiro atoms. The summed E-state index contributed by atoms with van der Waals surface area (Å²) in [5.74, 6) is -2.92. The zero-order valence-corrected chi connectivity index (χ0v) is 22.6. The lowest BCUT2D eigenvalue weighted by Crippen LogP contribution is -2.57. The van der Waals surface area contributed by atoms with E-state index in [0.717, 1.165) is 22.0 Å². The van der Waals surface area contributed by atoms with Crippen LogP contribution in [0, 0.1) is 0 Å². The maximum atomic E-state index is 13.3. The summed E-state index contributed by atoms with van der Waals surface area (Å²) in [6, 6.07) is 12.7. The number of H-pyrrole nitrogens is 1. The quantitative estimate of drug-likeness (QED) is 0.137. The first-order valence-electron chi connectivity index (χ1n) is 13.4. The van der Waals surface area contributed by atoms with E-state index in [-0.39, 0.29) is 12.8 Å². The minimum absolute atomic E-state index is 0.102. The van der Waals surface area contributed by atoms with Crippen molar-refractivity contribution in [2.75, 3.05) is 6.54 Å². The first kappa shape index (κ1) is 30.3. The molecule has 3 rings (SSSR count). The van der Waals surface area contributed by atoms with Gasteiger partial charge in [-0.3, -0.25) is 14.4 Å². The van der Waals surface area contributed by atoms with Crippen molar-refractivity contribution in [2.45, 2.75) is 63.2 Å². The number of aromatic nitrogens is 1. The highest BCUT2D eigenvalue weighted by Gasteiger charge is 2.29. The SMILES string of the molecule is CC(NC(=O)C(N)Cc1ccccc1)C(=O)NC(Cc1c[nH]c2ccccc12)C(=O)NC(CCCCN)C(=O)O. The van der Waals surface area contributed by atoms with E-state index in [0.29, 0.717) is 25.8 Å². The smallest absolute Gasteiger partial charge is 0.326 e. The molecule has 4 unspecified atom stereocenters. The van der Waals surface area contributed by atoms with Gasteiger partial charge in [-0.1, -0.05) is 48.5 Å². The summed E-state index contributed by atoms with van der Waals surface area (Å²) in [7, 11) is 0. The number of nitrogens with two attached hydrogens (primary N) is 2. The van der Waals surface area contributed by atoms with E-state index in [2.05, 4.69) is 20.9 Å². The van der Waals surface area contributed by atoms with Gasteiger partial charge in [-0.05, 0) is 56.3 Å². The Hall–Kier alpha value is -4.22. The van der Waals surface area contributed by atoms with Crippen LogP contribution in [0.3, 0.4) is 0 Å². The minimum Gasteiger partial charge on any atom is -0.480 e. The molecule has 0 fully saturated rings. The maximum absolute atomic E-state index is 13.3. The molecule has 3 aromatic rings. The third-order valence-electron chi connectivity index (χ3n) is 6.68. The number of hydrogen-bond acceptors (Lipinski definition) is 6. The van der Waals surface area contributed by atoms with Crippen molar-refractivity contribution in [1.29, 1.82) is 0 Å². The van der Waals surface area contributed by atoms with Gasteiger partial charge in [0.05, 0.1) is 6.04 Å². The van der Waals surface area contributed by atoms with Gasteiger partial charge in [0, 0.05) is 23.5 Å². The molecule has 11 heteroatoms. The average Bonchev–Trinajstić information content (AvgIpc) is 3.35. The van der Waals surface area contributed by atoms with Gasteiger partial charge in [-0.25, -0.2) is 4.79 Å². The Balaban J connectivity index is 1.71. The van der Waals surface area contributed by atoms with E-state index in [4.69, 9.17) is 11.5 Å². The molecule has 3 amide bonds. The molecule has 4 atom stereocenters. The zero-order valence-electron chi connectivity index (χ0n) is 22.6. The molecule has 0 aliphatic rings. The largest absolute Gasteiger partial charge is 0.480 e.